The molecule has 0 unspecified atom stereocenters. The summed E-state index contributed by atoms with van der Waals surface area (Å²) in [6.45, 7) is 2.83. The van der Waals surface area contributed by atoms with Crippen molar-refractivity contribution in [3.63, 3.8) is 0 Å². The second kappa shape index (κ2) is 9.02. The maximum Gasteiger partial charge on any atom is 0.239 e. The lowest BCUT2D eigenvalue weighted by Crippen LogP contribution is -2.42. The van der Waals surface area contributed by atoms with Crippen LogP contribution in [0, 0.1) is 0 Å². The van der Waals surface area contributed by atoms with Gasteiger partial charge in [0.05, 0.1) is 12.6 Å². The molecule has 1 aromatic rings. The molecule has 0 saturated heterocycles. The smallest absolute Gasteiger partial charge is 0.239 e. The number of rotatable bonds is 6. The van der Waals surface area contributed by atoms with Crippen LogP contribution in [0.25, 0.3) is 0 Å². The monoisotopic (exact) mass is 306 g/mol. The average molecular weight is 307 g/mol. The van der Waals surface area contributed by atoms with Gasteiger partial charge >= 0.3 is 0 Å². The van der Waals surface area contributed by atoms with Crippen LogP contribution in [0.2, 0.25) is 5.02 Å². The highest BCUT2D eigenvalue weighted by molar-refractivity contribution is 6.30. The summed E-state index contributed by atoms with van der Waals surface area (Å²) in [5.41, 5.74) is 5.67. The highest BCUT2D eigenvalue weighted by Gasteiger charge is 2.15. The molecule has 0 aliphatic carbocycles. The highest BCUT2D eigenvalue weighted by atomic mass is 35.5. The Hall–Kier alpha value is -0.970. The average Bonchev–Trinajstić information content (AvgIpc) is 2.39. The van der Waals surface area contributed by atoms with Gasteiger partial charge in [-0.15, -0.1) is 12.4 Å². The third kappa shape index (κ3) is 6.14. The topological polar surface area (TPSA) is 55.6 Å². The zero-order valence-electron chi connectivity index (χ0n) is 11.1. The molecule has 0 aliphatic heterocycles. The number of nitrogens with two attached hydrogens (primary N) is 1. The highest BCUT2D eigenvalue weighted by Crippen LogP contribution is 2.15. The van der Waals surface area contributed by atoms with Gasteiger partial charge in [0.1, 0.15) is 12.4 Å². The molecular formula is C13H20Cl2N2O2. The largest absolute Gasteiger partial charge is 0.492 e. The molecule has 0 fully saturated rings. The summed E-state index contributed by atoms with van der Waals surface area (Å²) in [6, 6.07) is 6.69. The predicted molar refractivity (Wildman–Crippen MR) is 80.1 cm³/mol. The van der Waals surface area contributed by atoms with E-state index < -0.39 is 6.04 Å². The van der Waals surface area contributed by atoms with Gasteiger partial charge in [0, 0.05) is 12.1 Å². The van der Waals surface area contributed by atoms with Gasteiger partial charge in [-0.05, 0) is 30.7 Å². The van der Waals surface area contributed by atoms with E-state index in [1.54, 1.807) is 36.2 Å². The molecule has 1 aromatic carbocycles. The van der Waals surface area contributed by atoms with Gasteiger partial charge in [-0.1, -0.05) is 18.5 Å². The first kappa shape index (κ1) is 18.0. The fourth-order valence-electron chi connectivity index (χ4n) is 1.40. The van der Waals surface area contributed by atoms with Crippen molar-refractivity contribution in [1.82, 2.24) is 4.90 Å². The molecule has 2 N–H and O–H groups in total. The van der Waals surface area contributed by atoms with E-state index in [0.29, 0.717) is 24.6 Å². The van der Waals surface area contributed by atoms with Gasteiger partial charge in [-0.25, -0.2) is 0 Å². The minimum Gasteiger partial charge on any atom is -0.492 e. The van der Waals surface area contributed by atoms with Crippen LogP contribution >= 0.6 is 24.0 Å². The van der Waals surface area contributed by atoms with E-state index in [1.807, 2.05) is 6.92 Å². The Balaban J connectivity index is 0.00000324. The molecular weight excluding hydrogens is 287 g/mol. The number of amides is 1. The number of hydrogen-bond donors (Lipinski definition) is 1. The molecule has 0 heterocycles. The molecule has 19 heavy (non-hydrogen) atoms. The summed E-state index contributed by atoms with van der Waals surface area (Å²) >= 11 is 5.77. The van der Waals surface area contributed by atoms with Crippen LogP contribution in [0.1, 0.15) is 13.3 Å². The number of hydrogen-bond acceptors (Lipinski definition) is 3. The third-order valence-electron chi connectivity index (χ3n) is 2.64. The molecule has 1 atom stereocenters. The number of nitrogens with zero attached hydrogens (tertiary/aromatic N) is 1. The third-order valence-corrected chi connectivity index (χ3v) is 2.89. The molecule has 0 saturated carbocycles. The van der Waals surface area contributed by atoms with Gasteiger partial charge in [0.25, 0.3) is 0 Å². The van der Waals surface area contributed by atoms with E-state index >= 15 is 0 Å². The van der Waals surface area contributed by atoms with E-state index in [1.165, 1.54) is 0 Å². The van der Waals surface area contributed by atoms with Crippen LogP contribution < -0.4 is 10.5 Å². The van der Waals surface area contributed by atoms with Gasteiger partial charge in [0.15, 0.2) is 0 Å². The van der Waals surface area contributed by atoms with Crippen LogP contribution in [0.5, 0.6) is 5.75 Å². The standard InChI is InChI=1S/C13H19ClN2O2.ClH/c1-3-12(15)13(17)16(2)8-9-18-11-6-4-10(14)5-7-11;/h4-7,12H,3,8-9,15H2,1-2H3;1H/t12-;/m0./s1. The van der Waals surface area contributed by atoms with Crippen LogP contribution in [0.15, 0.2) is 24.3 Å². The Kier molecular flexibility index (Phi) is 8.56. The maximum absolute atomic E-state index is 11.7. The Morgan fingerprint density at radius 1 is 1.42 bits per heavy atom. The molecule has 108 valence electrons. The summed E-state index contributed by atoms with van der Waals surface area (Å²) < 4.78 is 5.50. The molecule has 0 spiro atoms. The molecule has 6 heteroatoms. The van der Waals surface area contributed by atoms with Crippen molar-refractivity contribution in [2.75, 3.05) is 20.2 Å². The van der Waals surface area contributed by atoms with E-state index in [0.717, 1.165) is 5.75 Å². The van der Waals surface area contributed by atoms with Crippen molar-refractivity contribution in [1.29, 1.82) is 0 Å². The molecule has 0 radical (unpaired) electrons. The van der Waals surface area contributed by atoms with Crippen molar-refractivity contribution in [2.45, 2.75) is 19.4 Å². The Morgan fingerprint density at radius 3 is 2.53 bits per heavy atom. The first-order valence-electron chi connectivity index (χ1n) is 5.93. The van der Waals surface area contributed by atoms with Gasteiger partial charge in [-0.3, -0.25) is 4.79 Å². The number of halogens is 2. The van der Waals surface area contributed by atoms with Crippen molar-refractivity contribution in [3.8, 4) is 5.75 Å². The summed E-state index contributed by atoms with van der Waals surface area (Å²) in [4.78, 5) is 13.3. The summed E-state index contributed by atoms with van der Waals surface area (Å²) in [6.07, 6.45) is 0.640. The number of likely N-dealkylation sites (N-methyl/N-ethyl adjacent to an activating group) is 1. The van der Waals surface area contributed by atoms with E-state index in [-0.39, 0.29) is 18.3 Å². The van der Waals surface area contributed by atoms with E-state index in [4.69, 9.17) is 22.1 Å². The second-order valence-electron chi connectivity index (χ2n) is 4.08. The zero-order valence-corrected chi connectivity index (χ0v) is 12.7. The van der Waals surface area contributed by atoms with Crippen LogP contribution in [0.4, 0.5) is 0 Å². The molecule has 1 amide bonds. The zero-order chi connectivity index (χ0) is 13.5. The Labute approximate surface area is 125 Å². The van der Waals surface area contributed by atoms with Crippen molar-refractivity contribution >= 4 is 29.9 Å². The van der Waals surface area contributed by atoms with Gasteiger partial charge < -0.3 is 15.4 Å². The molecule has 4 nitrogen and oxygen atoms in total. The number of carbonyl (C=O) groups excluding carboxylic acids is 1. The minimum absolute atomic E-state index is 0. The summed E-state index contributed by atoms with van der Waals surface area (Å²) in [5.74, 6) is 0.678. The Bertz CT molecular complexity index is 385. The summed E-state index contributed by atoms with van der Waals surface area (Å²) in [7, 11) is 1.73. The lowest BCUT2D eigenvalue weighted by Gasteiger charge is -2.20. The van der Waals surface area contributed by atoms with E-state index in [2.05, 4.69) is 0 Å². The van der Waals surface area contributed by atoms with Crippen molar-refractivity contribution in [3.05, 3.63) is 29.3 Å². The Morgan fingerprint density at radius 2 is 2.00 bits per heavy atom. The quantitative estimate of drug-likeness (QED) is 0.877. The van der Waals surface area contributed by atoms with Crippen molar-refractivity contribution in [2.24, 2.45) is 5.73 Å². The fourth-order valence-corrected chi connectivity index (χ4v) is 1.53. The molecule has 0 bridgehead atoms. The van der Waals surface area contributed by atoms with Gasteiger partial charge in [0.2, 0.25) is 5.91 Å². The normalized spacial score (nSPS) is 11.4. The fraction of sp³-hybridized carbons (Fsp3) is 0.462. The summed E-state index contributed by atoms with van der Waals surface area (Å²) in [5, 5.41) is 0.670. The molecule has 1 rings (SSSR count). The maximum atomic E-state index is 11.7. The van der Waals surface area contributed by atoms with Crippen molar-refractivity contribution < 1.29 is 9.53 Å². The number of ether oxygens (including phenoxy) is 1. The minimum atomic E-state index is -0.425. The predicted octanol–water partition coefficient (Wildman–Crippen LogP) is 2.34. The molecule has 0 aliphatic rings. The van der Waals surface area contributed by atoms with Gasteiger partial charge in [-0.2, -0.15) is 0 Å². The van der Waals surface area contributed by atoms with Crippen LogP contribution in [-0.2, 0) is 4.79 Å². The first-order valence-corrected chi connectivity index (χ1v) is 6.31. The SMILES string of the molecule is CC[C@H](N)C(=O)N(C)CCOc1ccc(Cl)cc1.Cl. The van der Waals surface area contributed by atoms with E-state index in [9.17, 15) is 4.79 Å². The van der Waals surface area contributed by atoms with Crippen LogP contribution in [-0.4, -0.2) is 37.0 Å². The lowest BCUT2D eigenvalue weighted by molar-refractivity contribution is -0.131. The second-order valence-corrected chi connectivity index (χ2v) is 4.51. The lowest BCUT2D eigenvalue weighted by atomic mass is 10.2. The van der Waals surface area contributed by atoms with Crippen LogP contribution in [0.3, 0.4) is 0 Å². The number of carbonyl (C=O) groups is 1. The molecule has 0 aromatic heterocycles. The first-order chi connectivity index (χ1) is 8.54. The number of benzene rings is 1.